The lowest BCUT2D eigenvalue weighted by molar-refractivity contribution is -0.139. The molecule has 0 bridgehead atoms. The number of amides is 4. The van der Waals surface area contributed by atoms with Crippen molar-refractivity contribution in [2.45, 2.75) is 0 Å². The first kappa shape index (κ1) is 20.6. The molecule has 2 N–H and O–H groups in total. The number of carbonyl (C=O) groups excluding carboxylic acids is 4. The lowest BCUT2D eigenvalue weighted by Gasteiger charge is -2.29. The second kappa shape index (κ2) is 8.48. The number of imide groups is 2. The van der Waals surface area contributed by atoms with Crippen LogP contribution in [0.4, 0.5) is 10.5 Å². The number of barbiturate groups is 1. The maximum absolute atomic E-state index is 12.9. The summed E-state index contributed by atoms with van der Waals surface area (Å²) in [5, 5.41) is 11.8. The first-order valence-corrected chi connectivity index (χ1v) is 8.78. The number of carbonyl (C=O) groups is 4. The van der Waals surface area contributed by atoms with Crippen LogP contribution in [0.2, 0.25) is 0 Å². The quantitative estimate of drug-likeness (QED) is 0.551. The van der Waals surface area contributed by atoms with E-state index in [1.165, 1.54) is 38.5 Å². The minimum atomic E-state index is -1.74. The molecule has 0 aromatic heterocycles. The van der Waals surface area contributed by atoms with Crippen LogP contribution < -0.4 is 19.7 Å². The number of phenols is 1. The first-order chi connectivity index (χ1) is 14.4. The van der Waals surface area contributed by atoms with E-state index in [0.29, 0.717) is 10.5 Å². The molecule has 0 radical (unpaired) electrons. The summed E-state index contributed by atoms with van der Waals surface area (Å²) >= 11 is 0. The third kappa shape index (κ3) is 3.86. The summed E-state index contributed by atoms with van der Waals surface area (Å²) in [5.41, 5.74) is 0.555. The van der Waals surface area contributed by atoms with E-state index in [0.717, 1.165) is 6.08 Å². The van der Waals surface area contributed by atoms with Gasteiger partial charge in [0.05, 0.1) is 19.9 Å². The van der Waals surface area contributed by atoms with Gasteiger partial charge >= 0.3 is 6.03 Å². The van der Waals surface area contributed by atoms with Crippen molar-refractivity contribution in [3.63, 3.8) is 0 Å². The van der Waals surface area contributed by atoms with E-state index < -0.39 is 29.5 Å². The van der Waals surface area contributed by atoms with E-state index in [-0.39, 0.29) is 22.9 Å². The van der Waals surface area contributed by atoms with E-state index in [4.69, 9.17) is 9.47 Å². The van der Waals surface area contributed by atoms with Crippen molar-refractivity contribution >= 4 is 35.4 Å². The SMILES string of the molecule is COc1ccc(/C=C/C(=O)[C@@H]2C(=O)NC(=O)N(c3ccccc3OC)C2=O)cc1O. The Bertz CT molecular complexity index is 1060. The molecule has 0 aliphatic carbocycles. The van der Waals surface area contributed by atoms with Crippen LogP contribution >= 0.6 is 0 Å². The minimum Gasteiger partial charge on any atom is -0.504 e. The number of nitrogens with zero attached hydrogens (tertiary/aromatic N) is 1. The molecular formula is C21H18N2O7. The van der Waals surface area contributed by atoms with Crippen LogP contribution in [-0.4, -0.2) is 43.0 Å². The van der Waals surface area contributed by atoms with E-state index in [9.17, 15) is 24.3 Å². The Morgan fingerprint density at radius 3 is 2.43 bits per heavy atom. The predicted octanol–water partition coefficient (Wildman–Crippen LogP) is 1.89. The van der Waals surface area contributed by atoms with Crippen LogP contribution in [0.1, 0.15) is 5.56 Å². The summed E-state index contributed by atoms with van der Waals surface area (Å²) in [4.78, 5) is 50.7. The van der Waals surface area contributed by atoms with Gasteiger partial charge in [0.25, 0.3) is 5.91 Å². The van der Waals surface area contributed by atoms with Gasteiger partial charge in [0.15, 0.2) is 23.2 Å². The molecule has 154 valence electrons. The Balaban J connectivity index is 1.88. The molecule has 2 aromatic carbocycles. The third-order valence-corrected chi connectivity index (χ3v) is 4.42. The van der Waals surface area contributed by atoms with Gasteiger partial charge in [-0.25, -0.2) is 9.69 Å². The van der Waals surface area contributed by atoms with Gasteiger partial charge in [0.2, 0.25) is 5.91 Å². The second-order valence-electron chi connectivity index (χ2n) is 6.24. The van der Waals surface area contributed by atoms with Gasteiger partial charge in [-0.05, 0) is 35.9 Å². The molecule has 1 fully saturated rings. The van der Waals surface area contributed by atoms with E-state index in [1.54, 1.807) is 24.3 Å². The van der Waals surface area contributed by atoms with Gasteiger partial charge in [0.1, 0.15) is 5.75 Å². The molecule has 4 amide bonds. The monoisotopic (exact) mass is 410 g/mol. The lowest BCUT2D eigenvalue weighted by Crippen LogP contribution is -2.60. The van der Waals surface area contributed by atoms with E-state index in [1.807, 2.05) is 5.32 Å². The number of rotatable bonds is 6. The number of aromatic hydroxyl groups is 1. The number of allylic oxidation sites excluding steroid dienone is 1. The lowest BCUT2D eigenvalue weighted by atomic mass is 9.98. The Hall–Kier alpha value is -4.14. The summed E-state index contributed by atoms with van der Waals surface area (Å²) in [6.07, 6.45) is 2.38. The van der Waals surface area contributed by atoms with Crippen LogP contribution in [0.5, 0.6) is 17.2 Å². The van der Waals surface area contributed by atoms with Crippen LogP contribution in [-0.2, 0) is 14.4 Å². The zero-order valence-corrected chi connectivity index (χ0v) is 16.1. The first-order valence-electron chi connectivity index (χ1n) is 8.78. The smallest absolute Gasteiger partial charge is 0.335 e. The Labute approximate surface area is 171 Å². The topological polar surface area (TPSA) is 122 Å². The fraction of sp³-hybridized carbons (Fsp3) is 0.143. The summed E-state index contributed by atoms with van der Waals surface area (Å²) < 4.78 is 10.1. The molecule has 0 unspecified atom stereocenters. The molecule has 30 heavy (non-hydrogen) atoms. The van der Waals surface area contributed by atoms with Crippen LogP contribution in [0.15, 0.2) is 48.5 Å². The summed E-state index contributed by atoms with van der Waals surface area (Å²) in [5.74, 6) is -4.21. The highest BCUT2D eigenvalue weighted by molar-refractivity contribution is 6.36. The van der Waals surface area contributed by atoms with Crippen molar-refractivity contribution in [2.24, 2.45) is 5.92 Å². The Kier molecular flexibility index (Phi) is 5.82. The molecule has 9 nitrogen and oxygen atoms in total. The van der Waals surface area contributed by atoms with Crippen molar-refractivity contribution in [2.75, 3.05) is 19.1 Å². The number of nitrogens with one attached hydrogen (secondary N) is 1. The number of hydrogen-bond acceptors (Lipinski definition) is 7. The van der Waals surface area contributed by atoms with Crippen LogP contribution in [0.3, 0.4) is 0 Å². The van der Waals surface area contributed by atoms with Gasteiger partial charge in [-0.2, -0.15) is 0 Å². The number of benzene rings is 2. The van der Waals surface area contributed by atoms with Crippen molar-refractivity contribution in [3.05, 3.63) is 54.1 Å². The van der Waals surface area contributed by atoms with Crippen molar-refractivity contribution in [1.82, 2.24) is 5.32 Å². The maximum atomic E-state index is 12.9. The molecule has 2 aromatic rings. The van der Waals surface area contributed by atoms with Crippen LogP contribution in [0.25, 0.3) is 6.08 Å². The maximum Gasteiger partial charge on any atom is 0.335 e. The number of urea groups is 1. The highest BCUT2D eigenvalue weighted by Gasteiger charge is 2.45. The number of ether oxygens (including phenoxy) is 2. The summed E-state index contributed by atoms with van der Waals surface area (Å²) in [7, 11) is 2.77. The van der Waals surface area contributed by atoms with Gasteiger partial charge in [-0.1, -0.05) is 24.3 Å². The molecule has 1 atom stereocenters. The fourth-order valence-corrected chi connectivity index (χ4v) is 2.95. The molecule has 0 spiro atoms. The number of phenolic OH excluding ortho intramolecular Hbond substituents is 1. The van der Waals surface area contributed by atoms with Crippen molar-refractivity contribution in [1.29, 1.82) is 0 Å². The van der Waals surface area contributed by atoms with Gasteiger partial charge < -0.3 is 14.6 Å². The van der Waals surface area contributed by atoms with Crippen molar-refractivity contribution < 1.29 is 33.8 Å². The molecule has 1 heterocycles. The predicted molar refractivity (Wildman–Crippen MR) is 106 cm³/mol. The molecule has 3 rings (SSSR count). The normalized spacial score (nSPS) is 16.5. The largest absolute Gasteiger partial charge is 0.504 e. The molecule has 1 aliphatic heterocycles. The highest BCUT2D eigenvalue weighted by atomic mass is 16.5. The third-order valence-electron chi connectivity index (χ3n) is 4.42. The minimum absolute atomic E-state index is 0.108. The average molecular weight is 410 g/mol. The molecule has 0 saturated carbocycles. The molecule has 1 aliphatic rings. The highest BCUT2D eigenvalue weighted by Crippen LogP contribution is 2.31. The standard InChI is InChI=1S/C21H18N2O7/c1-29-16-6-4-3-5-13(16)23-20(27)18(19(26)22-21(23)28)14(24)9-7-12-8-10-17(30-2)15(25)11-12/h3-11,18,25H,1-2H3,(H,22,26,28)/b9-7+/t18-/m1/s1. The van der Waals surface area contributed by atoms with Gasteiger partial charge in [-0.3, -0.25) is 19.7 Å². The molecule has 9 heteroatoms. The van der Waals surface area contributed by atoms with Crippen LogP contribution in [0, 0.1) is 5.92 Å². The Morgan fingerprint density at radius 1 is 1.07 bits per heavy atom. The summed E-state index contributed by atoms with van der Waals surface area (Å²) in [6, 6.07) is 9.70. The Morgan fingerprint density at radius 2 is 1.77 bits per heavy atom. The molecular weight excluding hydrogens is 392 g/mol. The zero-order chi connectivity index (χ0) is 21.8. The fourth-order valence-electron chi connectivity index (χ4n) is 2.95. The second-order valence-corrected chi connectivity index (χ2v) is 6.24. The zero-order valence-electron chi connectivity index (χ0n) is 16.1. The number of hydrogen-bond donors (Lipinski definition) is 2. The number of methoxy groups -OCH3 is 2. The van der Waals surface area contributed by atoms with Crippen molar-refractivity contribution in [3.8, 4) is 17.2 Å². The average Bonchev–Trinajstić information content (AvgIpc) is 2.72. The van der Waals surface area contributed by atoms with Gasteiger partial charge in [-0.15, -0.1) is 0 Å². The number of anilines is 1. The molecule has 1 saturated heterocycles. The number of para-hydroxylation sites is 2. The summed E-state index contributed by atoms with van der Waals surface area (Å²) in [6.45, 7) is 0. The van der Waals surface area contributed by atoms with E-state index >= 15 is 0 Å². The van der Waals surface area contributed by atoms with Gasteiger partial charge in [0, 0.05) is 0 Å². The van der Waals surface area contributed by atoms with E-state index in [2.05, 4.69) is 0 Å². The number of ketones is 1.